The van der Waals surface area contributed by atoms with E-state index in [1.54, 1.807) is 6.92 Å². The number of ether oxygens (including phenoxy) is 1. The molecule has 2 aliphatic rings. The highest BCUT2D eigenvalue weighted by Crippen LogP contribution is 2.49. The van der Waals surface area contributed by atoms with E-state index in [1.165, 1.54) is 24.0 Å². The molecule has 0 unspecified atom stereocenters. The molecular formula is C23H28F3N3O4S. The van der Waals surface area contributed by atoms with Gasteiger partial charge in [0.15, 0.2) is 0 Å². The molecule has 1 saturated carbocycles. The van der Waals surface area contributed by atoms with E-state index < -0.39 is 39.2 Å². The van der Waals surface area contributed by atoms with Crippen molar-refractivity contribution in [3.63, 3.8) is 0 Å². The van der Waals surface area contributed by atoms with Crippen LogP contribution in [0.3, 0.4) is 0 Å². The van der Waals surface area contributed by atoms with Gasteiger partial charge >= 0.3 is 12.1 Å². The molecule has 1 aromatic carbocycles. The number of nitrogens with zero attached hydrogens (tertiary/aromatic N) is 3. The van der Waals surface area contributed by atoms with Crippen LogP contribution in [0, 0.1) is 0 Å². The first-order valence-electron chi connectivity index (χ1n) is 11.3. The molecule has 1 aromatic heterocycles. The Kier molecular flexibility index (Phi) is 6.30. The van der Waals surface area contributed by atoms with Gasteiger partial charge in [-0.05, 0) is 68.2 Å². The third-order valence-electron chi connectivity index (χ3n) is 6.86. The summed E-state index contributed by atoms with van der Waals surface area (Å²) in [6.07, 6.45) is 0.0780. The Morgan fingerprint density at radius 1 is 1.29 bits per heavy atom. The van der Waals surface area contributed by atoms with Gasteiger partial charge in [0, 0.05) is 18.3 Å². The lowest BCUT2D eigenvalue weighted by molar-refractivity contribution is -0.144. The quantitative estimate of drug-likeness (QED) is 0.533. The number of hydrogen-bond acceptors (Lipinski definition) is 5. The van der Waals surface area contributed by atoms with Crippen LogP contribution in [-0.4, -0.2) is 42.1 Å². The molecule has 0 saturated heterocycles. The van der Waals surface area contributed by atoms with E-state index in [9.17, 15) is 26.4 Å². The number of carbonyl (C=O) groups is 1. The van der Waals surface area contributed by atoms with Gasteiger partial charge in [-0.3, -0.25) is 9.48 Å². The van der Waals surface area contributed by atoms with Crippen molar-refractivity contribution in [3.8, 4) is 0 Å². The van der Waals surface area contributed by atoms with Crippen molar-refractivity contribution >= 4 is 16.0 Å². The Morgan fingerprint density at radius 3 is 2.62 bits per heavy atom. The number of alkyl halides is 3. The number of benzene rings is 1. The summed E-state index contributed by atoms with van der Waals surface area (Å²) in [6, 6.07) is 2.56. The first-order chi connectivity index (χ1) is 15.9. The summed E-state index contributed by atoms with van der Waals surface area (Å²) in [5.41, 5.74) is 0.387. The standard InChI is InChI=1S/C23H28F3N3O4S/c1-4-33-21(30)14-29-20-7-5-6-19(18(20)13-27-29)28(3)34(31,32)17-11-15(22(2)8-9-22)10-16(12-17)23(24,25)26/h10-13,19H,4-9,14H2,1-3H3/t19-/m1/s1. The average Bonchev–Trinajstić information content (AvgIpc) is 3.41. The van der Waals surface area contributed by atoms with E-state index in [0.29, 0.717) is 30.4 Å². The van der Waals surface area contributed by atoms with Crippen molar-refractivity contribution in [2.24, 2.45) is 0 Å². The van der Waals surface area contributed by atoms with Crippen LogP contribution >= 0.6 is 0 Å². The number of esters is 1. The van der Waals surface area contributed by atoms with E-state index >= 15 is 0 Å². The van der Waals surface area contributed by atoms with Crippen LogP contribution in [0.25, 0.3) is 0 Å². The van der Waals surface area contributed by atoms with Crippen molar-refractivity contribution in [1.82, 2.24) is 14.1 Å². The molecule has 2 aliphatic carbocycles. The van der Waals surface area contributed by atoms with Crippen LogP contribution in [0.1, 0.15) is 68.0 Å². The van der Waals surface area contributed by atoms with E-state index in [-0.39, 0.29) is 18.0 Å². The number of rotatable bonds is 7. The monoisotopic (exact) mass is 499 g/mol. The average molecular weight is 500 g/mol. The lowest BCUT2D eigenvalue weighted by Crippen LogP contribution is -2.34. The van der Waals surface area contributed by atoms with Crippen molar-refractivity contribution in [3.05, 3.63) is 46.8 Å². The van der Waals surface area contributed by atoms with Crippen LogP contribution in [0.4, 0.5) is 13.2 Å². The number of hydrogen-bond donors (Lipinski definition) is 0. The fraction of sp³-hybridized carbons (Fsp3) is 0.565. The maximum Gasteiger partial charge on any atom is 0.416 e. The Bertz CT molecular complexity index is 1180. The zero-order valence-corrected chi connectivity index (χ0v) is 20.2. The summed E-state index contributed by atoms with van der Waals surface area (Å²) in [4.78, 5) is 11.5. The zero-order chi connectivity index (χ0) is 24.9. The summed E-state index contributed by atoms with van der Waals surface area (Å²) in [7, 11) is -2.85. The van der Waals surface area contributed by atoms with Gasteiger partial charge in [-0.15, -0.1) is 0 Å². The van der Waals surface area contributed by atoms with Crippen molar-refractivity contribution in [2.75, 3.05) is 13.7 Å². The van der Waals surface area contributed by atoms with E-state index in [2.05, 4.69) is 5.10 Å². The molecule has 4 rings (SSSR count). The molecule has 0 bridgehead atoms. The first-order valence-corrected chi connectivity index (χ1v) is 12.7. The second-order valence-corrected chi connectivity index (χ2v) is 11.2. The summed E-state index contributed by atoms with van der Waals surface area (Å²) in [5.74, 6) is -0.443. The Morgan fingerprint density at radius 2 is 2.00 bits per heavy atom. The van der Waals surface area contributed by atoms with Crippen molar-refractivity contribution < 1.29 is 31.1 Å². The van der Waals surface area contributed by atoms with Crippen LogP contribution in [0.2, 0.25) is 0 Å². The number of aromatic nitrogens is 2. The van der Waals surface area contributed by atoms with Crippen molar-refractivity contribution in [2.45, 2.75) is 75.0 Å². The van der Waals surface area contributed by atoms with Gasteiger partial charge in [0.05, 0.1) is 29.3 Å². The van der Waals surface area contributed by atoms with E-state index in [4.69, 9.17) is 4.74 Å². The van der Waals surface area contributed by atoms with Gasteiger partial charge in [-0.25, -0.2) is 8.42 Å². The van der Waals surface area contributed by atoms with Crippen LogP contribution in [-0.2, 0) is 44.1 Å². The highest BCUT2D eigenvalue weighted by atomic mass is 32.2. The minimum absolute atomic E-state index is 0.0814. The molecule has 186 valence electrons. The highest BCUT2D eigenvalue weighted by Gasteiger charge is 2.43. The zero-order valence-electron chi connectivity index (χ0n) is 19.4. The summed E-state index contributed by atoms with van der Waals surface area (Å²) >= 11 is 0. The van der Waals surface area contributed by atoms with Gasteiger partial charge in [0.1, 0.15) is 6.54 Å². The van der Waals surface area contributed by atoms with Gasteiger partial charge in [0.2, 0.25) is 10.0 Å². The smallest absolute Gasteiger partial charge is 0.416 e. The van der Waals surface area contributed by atoms with Crippen LogP contribution < -0.4 is 0 Å². The molecule has 0 amide bonds. The molecule has 1 heterocycles. The van der Waals surface area contributed by atoms with E-state index in [0.717, 1.165) is 35.0 Å². The number of sulfonamides is 1. The Hall–Kier alpha value is -2.40. The van der Waals surface area contributed by atoms with Gasteiger partial charge in [0.25, 0.3) is 0 Å². The maximum atomic E-state index is 13.6. The molecule has 1 fully saturated rings. The minimum atomic E-state index is -4.66. The molecule has 0 radical (unpaired) electrons. The highest BCUT2D eigenvalue weighted by molar-refractivity contribution is 7.89. The second-order valence-electron chi connectivity index (χ2n) is 9.24. The second kappa shape index (κ2) is 8.67. The predicted octanol–water partition coefficient (Wildman–Crippen LogP) is 4.21. The lowest BCUT2D eigenvalue weighted by Gasteiger charge is -2.31. The van der Waals surface area contributed by atoms with E-state index in [1.807, 2.05) is 6.92 Å². The van der Waals surface area contributed by atoms with Gasteiger partial charge < -0.3 is 4.74 Å². The molecular weight excluding hydrogens is 471 g/mol. The third-order valence-corrected chi connectivity index (χ3v) is 8.71. The topological polar surface area (TPSA) is 81.5 Å². The molecule has 34 heavy (non-hydrogen) atoms. The Labute approximate surface area is 196 Å². The Balaban J connectivity index is 1.69. The maximum absolute atomic E-state index is 13.6. The molecule has 0 N–H and O–H groups in total. The summed E-state index contributed by atoms with van der Waals surface area (Å²) in [6.45, 7) is 3.70. The molecule has 0 aliphatic heterocycles. The van der Waals surface area contributed by atoms with Crippen molar-refractivity contribution in [1.29, 1.82) is 0 Å². The minimum Gasteiger partial charge on any atom is -0.465 e. The SMILES string of the molecule is CCOC(=O)Cn1ncc2c1CCC[C@H]2N(C)S(=O)(=O)c1cc(C(F)(F)F)cc(C2(C)CC2)c1. The van der Waals surface area contributed by atoms with Crippen LogP contribution in [0.15, 0.2) is 29.3 Å². The lowest BCUT2D eigenvalue weighted by atomic mass is 9.93. The van der Waals surface area contributed by atoms with Crippen LogP contribution in [0.5, 0.6) is 0 Å². The molecule has 2 aromatic rings. The fourth-order valence-electron chi connectivity index (χ4n) is 4.51. The first kappa shape index (κ1) is 24.7. The molecule has 11 heteroatoms. The number of halogens is 3. The number of fused-ring (bicyclic) bond motifs is 1. The molecule has 7 nitrogen and oxygen atoms in total. The predicted molar refractivity (Wildman–Crippen MR) is 118 cm³/mol. The third kappa shape index (κ3) is 4.59. The largest absolute Gasteiger partial charge is 0.465 e. The normalized spacial score (nSPS) is 19.7. The molecule has 1 atom stereocenters. The van der Waals surface area contributed by atoms with Gasteiger partial charge in [-0.1, -0.05) is 6.92 Å². The number of carbonyl (C=O) groups excluding carboxylic acids is 1. The molecule has 0 spiro atoms. The summed E-state index contributed by atoms with van der Waals surface area (Å²) < 4.78 is 75.5. The van der Waals surface area contributed by atoms with Gasteiger partial charge in [-0.2, -0.15) is 22.6 Å². The summed E-state index contributed by atoms with van der Waals surface area (Å²) in [5, 5.41) is 4.25. The fourth-order valence-corrected chi connectivity index (χ4v) is 5.95.